The summed E-state index contributed by atoms with van der Waals surface area (Å²) in [6.45, 7) is 2.24. The molecule has 0 saturated carbocycles. The summed E-state index contributed by atoms with van der Waals surface area (Å²) in [5, 5.41) is 6.69. The molecule has 2 amide bonds. The number of anilines is 2. The minimum absolute atomic E-state index is 0.504. The molecule has 17 heavy (non-hydrogen) atoms. The van der Waals surface area contributed by atoms with Crippen molar-refractivity contribution in [2.45, 2.75) is 24.6 Å². The van der Waals surface area contributed by atoms with Gasteiger partial charge in [0.2, 0.25) is 0 Å². The lowest BCUT2D eigenvalue weighted by Gasteiger charge is -2.18. The normalized spacial score (nSPS) is 23.4. The smallest absolute Gasteiger partial charge is 0.316 e. The van der Waals surface area contributed by atoms with E-state index in [1.54, 1.807) is 0 Å². The molecule has 4 nitrogen and oxygen atoms in total. The van der Waals surface area contributed by atoms with Crippen molar-refractivity contribution in [3.63, 3.8) is 0 Å². The Kier molecular flexibility index (Phi) is 3.78. The molecule has 1 aromatic carbocycles. The highest BCUT2D eigenvalue weighted by molar-refractivity contribution is 8.00. The van der Waals surface area contributed by atoms with Crippen molar-refractivity contribution in [3.8, 4) is 0 Å². The van der Waals surface area contributed by atoms with Crippen LogP contribution in [0.4, 0.5) is 16.2 Å². The first-order chi connectivity index (χ1) is 8.15. The predicted octanol–water partition coefficient (Wildman–Crippen LogP) is 2.48. The number of rotatable bonds is 3. The maximum atomic E-state index is 10.8. The molecule has 0 aliphatic carbocycles. The molecular formula is C12H17N3OS. The van der Waals surface area contributed by atoms with Crippen LogP contribution in [0.2, 0.25) is 0 Å². The summed E-state index contributed by atoms with van der Waals surface area (Å²) in [6, 6.07) is 7.60. The second-order valence-electron chi connectivity index (χ2n) is 4.19. The first-order valence-electron chi connectivity index (χ1n) is 5.70. The number of nitrogens with two attached hydrogens (primary N) is 1. The molecule has 2 rings (SSSR count). The third kappa shape index (κ3) is 3.30. The molecule has 1 saturated heterocycles. The Labute approximate surface area is 105 Å². The van der Waals surface area contributed by atoms with Gasteiger partial charge in [0.1, 0.15) is 0 Å². The van der Waals surface area contributed by atoms with Crippen molar-refractivity contribution in [3.05, 3.63) is 24.3 Å². The van der Waals surface area contributed by atoms with Crippen LogP contribution in [0.3, 0.4) is 0 Å². The number of primary amides is 1. The Morgan fingerprint density at radius 1 is 1.47 bits per heavy atom. The number of nitrogens with one attached hydrogen (secondary N) is 2. The maximum Gasteiger partial charge on any atom is 0.316 e. The van der Waals surface area contributed by atoms with Crippen LogP contribution in [0.1, 0.15) is 13.3 Å². The van der Waals surface area contributed by atoms with Gasteiger partial charge in [-0.2, -0.15) is 11.8 Å². The molecule has 1 aliphatic rings. The zero-order valence-corrected chi connectivity index (χ0v) is 10.6. The van der Waals surface area contributed by atoms with Gasteiger partial charge in [0, 0.05) is 22.7 Å². The van der Waals surface area contributed by atoms with E-state index in [2.05, 4.69) is 17.6 Å². The summed E-state index contributed by atoms with van der Waals surface area (Å²) in [5.41, 5.74) is 6.83. The van der Waals surface area contributed by atoms with Gasteiger partial charge in [0.25, 0.3) is 0 Å². The van der Waals surface area contributed by atoms with Gasteiger partial charge in [0.05, 0.1) is 0 Å². The van der Waals surface area contributed by atoms with Gasteiger partial charge >= 0.3 is 6.03 Å². The van der Waals surface area contributed by atoms with Crippen molar-refractivity contribution < 1.29 is 4.79 Å². The number of hydrogen-bond donors (Lipinski definition) is 3. The highest BCUT2D eigenvalue weighted by atomic mass is 32.2. The second kappa shape index (κ2) is 5.31. The fourth-order valence-corrected chi connectivity index (χ4v) is 3.16. The van der Waals surface area contributed by atoms with E-state index in [1.807, 2.05) is 36.0 Å². The molecule has 0 radical (unpaired) electrons. The summed E-state index contributed by atoms with van der Waals surface area (Å²) >= 11 is 1.99. The number of carbonyl (C=O) groups excluding carboxylic acids is 1. The molecule has 2 unspecified atom stereocenters. The highest BCUT2D eigenvalue weighted by Gasteiger charge is 2.23. The summed E-state index contributed by atoms with van der Waals surface area (Å²) in [7, 11) is 0. The van der Waals surface area contributed by atoms with E-state index in [4.69, 9.17) is 5.73 Å². The van der Waals surface area contributed by atoms with E-state index in [9.17, 15) is 4.79 Å². The van der Waals surface area contributed by atoms with Crippen LogP contribution in [0.25, 0.3) is 0 Å². The molecule has 4 N–H and O–H groups in total. The first kappa shape index (κ1) is 12.1. The van der Waals surface area contributed by atoms with Gasteiger partial charge < -0.3 is 16.4 Å². The van der Waals surface area contributed by atoms with E-state index in [1.165, 1.54) is 12.2 Å². The molecule has 92 valence electrons. The van der Waals surface area contributed by atoms with Crippen molar-refractivity contribution in [2.24, 2.45) is 5.73 Å². The molecule has 1 fully saturated rings. The second-order valence-corrected chi connectivity index (χ2v) is 5.67. The van der Waals surface area contributed by atoms with Crippen molar-refractivity contribution in [2.75, 3.05) is 16.4 Å². The lowest BCUT2D eigenvalue weighted by molar-refractivity contribution is 0.259. The molecule has 5 heteroatoms. The molecule has 0 bridgehead atoms. The van der Waals surface area contributed by atoms with Crippen LogP contribution in [0, 0.1) is 0 Å². The molecule has 1 aliphatic heterocycles. The van der Waals surface area contributed by atoms with Gasteiger partial charge in [0.15, 0.2) is 0 Å². The SMILES string of the molecule is CC1SCCC1Nc1cccc(NC(N)=O)c1. The average molecular weight is 251 g/mol. The Morgan fingerprint density at radius 2 is 2.24 bits per heavy atom. The third-order valence-corrected chi connectivity index (χ3v) is 4.18. The topological polar surface area (TPSA) is 67.2 Å². The molecule has 1 heterocycles. The van der Waals surface area contributed by atoms with E-state index in [-0.39, 0.29) is 0 Å². The molecule has 0 aromatic heterocycles. The first-order valence-corrected chi connectivity index (χ1v) is 6.74. The fraction of sp³-hybridized carbons (Fsp3) is 0.417. The van der Waals surface area contributed by atoms with Gasteiger partial charge in [-0.1, -0.05) is 13.0 Å². The van der Waals surface area contributed by atoms with Crippen LogP contribution < -0.4 is 16.4 Å². The number of hydrogen-bond acceptors (Lipinski definition) is 3. The monoisotopic (exact) mass is 251 g/mol. The Hall–Kier alpha value is -1.36. The molecule has 1 aromatic rings. The Bertz CT molecular complexity index is 410. The average Bonchev–Trinajstić information content (AvgIpc) is 2.64. The summed E-state index contributed by atoms with van der Waals surface area (Å²) in [6.07, 6.45) is 1.18. The largest absolute Gasteiger partial charge is 0.381 e. The number of urea groups is 1. The quantitative estimate of drug-likeness (QED) is 0.773. The van der Waals surface area contributed by atoms with Crippen molar-refractivity contribution in [1.29, 1.82) is 0 Å². The van der Waals surface area contributed by atoms with E-state index in [0.717, 1.165) is 11.4 Å². The number of thioether (sulfide) groups is 1. The number of amides is 2. The zero-order valence-electron chi connectivity index (χ0n) is 9.77. The number of carbonyl (C=O) groups is 1. The molecule has 0 spiro atoms. The Morgan fingerprint density at radius 3 is 2.88 bits per heavy atom. The van der Waals surface area contributed by atoms with Gasteiger partial charge in [-0.25, -0.2) is 4.79 Å². The maximum absolute atomic E-state index is 10.8. The van der Waals surface area contributed by atoms with Gasteiger partial charge in [-0.15, -0.1) is 0 Å². The predicted molar refractivity (Wildman–Crippen MR) is 73.6 cm³/mol. The van der Waals surface area contributed by atoms with Crippen LogP contribution in [0.5, 0.6) is 0 Å². The zero-order chi connectivity index (χ0) is 12.3. The van der Waals surface area contributed by atoms with E-state index in [0.29, 0.717) is 11.3 Å². The minimum Gasteiger partial charge on any atom is -0.381 e. The number of benzene rings is 1. The van der Waals surface area contributed by atoms with Crippen LogP contribution in [0.15, 0.2) is 24.3 Å². The van der Waals surface area contributed by atoms with E-state index >= 15 is 0 Å². The lowest BCUT2D eigenvalue weighted by atomic mass is 10.1. The van der Waals surface area contributed by atoms with Gasteiger partial charge in [-0.3, -0.25) is 0 Å². The highest BCUT2D eigenvalue weighted by Crippen LogP contribution is 2.29. The summed E-state index contributed by atoms with van der Waals surface area (Å²) < 4.78 is 0. The van der Waals surface area contributed by atoms with Crippen molar-refractivity contribution in [1.82, 2.24) is 0 Å². The van der Waals surface area contributed by atoms with Crippen molar-refractivity contribution >= 4 is 29.2 Å². The van der Waals surface area contributed by atoms with Crippen LogP contribution in [-0.4, -0.2) is 23.1 Å². The Balaban J connectivity index is 2.03. The lowest BCUT2D eigenvalue weighted by Crippen LogP contribution is -2.25. The fourth-order valence-electron chi connectivity index (χ4n) is 1.96. The minimum atomic E-state index is -0.535. The van der Waals surface area contributed by atoms with E-state index < -0.39 is 6.03 Å². The van der Waals surface area contributed by atoms with Crippen LogP contribution >= 0.6 is 11.8 Å². The molecule has 2 atom stereocenters. The third-order valence-electron chi connectivity index (χ3n) is 2.86. The summed E-state index contributed by atoms with van der Waals surface area (Å²) in [4.78, 5) is 10.8. The van der Waals surface area contributed by atoms with Gasteiger partial charge in [-0.05, 0) is 30.4 Å². The standard InChI is InChI=1S/C12H17N3OS/c1-8-11(5-6-17-8)14-9-3-2-4-10(7-9)15-12(13)16/h2-4,7-8,11,14H,5-6H2,1H3,(H3,13,15,16). The van der Waals surface area contributed by atoms with Crippen LogP contribution in [-0.2, 0) is 0 Å². The molecular weight excluding hydrogens is 234 g/mol. The summed E-state index contributed by atoms with van der Waals surface area (Å²) in [5.74, 6) is 1.21.